The van der Waals surface area contributed by atoms with Crippen LogP contribution in [0.1, 0.15) is 19.8 Å². The molecule has 1 rings (SSSR count). The van der Waals surface area contributed by atoms with E-state index in [1.165, 1.54) is 11.4 Å². The highest BCUT2D eigenvalue weighted by Crippen LogP contribution is 2.15. The van der Waals surface area contributed by atoms with Crippen molar-refractivity contribution in [2.75, 3.05) is 39.2 Å². The second-order valence-corrected chi connectivity index (χ2v) is 6.63. The molecule has 0 saturated carbocycles. The lowest BCUT2D eigenvalue weighted by atomic mass is 10.2. The molecule has 1 aliphatic rings. The summed E-state index contributed by atoms with van der Waals surface area (Å²) >= 11 is 0. The van der Waals surface area contributed by atoms with Crippen LogP contribution in [0.15, 0.2) is 0 Å². The van der Waals surface area contributed by atoms with E-state index < -0.39 is 22.0 Å². The number of sulfonamides is 1. The van der Waals surface area contributed by atoms with Gasteiger partial charge in [0.25, 0.3) is 0 Å². The van der Waals surface area contributed by atoms with Gasteiger partial charge in [-0.05, 0) is 13.3 Å². The molecule has 8 nitrogen and oxygen atoms in total. The van der Waals surface area contributed by atoms with Crippen LogP contribution in [0, 0.1) is 0 Å². The van der Waals surface area contributed by atoms with Gasteiger partial charge >= 0.3 is 5.97 Å². The van der Waals surface area contributed by atoms with Crippen molar-refractivity contribution in [1.29, 1.82) is 0 Å². The molecule has 1 atom stereocenters. The molecular weight excluding hydrogens is 300 g/mol. The summed E-state index contributed by atoms with van der Waals surface area (Å²) in [6, 6.07) is -0.846. The van der Waals surface area contributed by atoms with Crippen molar-refractivity contribution in [3.63, 3.8) is 0 Å². The minimum Gasteiger partial charge on any atom is -0.469 e. The number of morpholine rings is 1. The van der Waals surface area contributed by atoms with E-state index in [-0.39, 0.29) is 44.3 Å². The predicted molar refractivity (Wildman–Crippen MR) is 75.0 cm³/mol. The van der Waals surface area contributed by atoms with Crippen LogP contribution in [0.5, 0.6) is 0 Å². The molecule has 122 valence electrons. The maximum Gasteiger partial charge on any atom is 0.305 e. The van der Waals surface area contributed by atoms with Crippen LogP contribution in [0.3, 0.4) is 0 Å². The van der Waals surface area contributed by atoms with E-state index in [9.17, 15) is 18.0 Å². The Labute approximate surface area is 124 Å². The molecule has 9 heteroatoms. The van der Waals surface area contributed by atoms with Gasteiger partial charge in [-0.3, -0.25) is 9.59 Å². The summed E-state index contributed by atoms with van der Waals surface area (Å²) in [5.74, 6) is -1.01. The number of nitrogens with zero attached hydrogens (tertiary/aromatic N) is 1. The van der Waals surface area contributed by atoms with Gasteiger partial charge in [0.2, 0.25) is 15.9 Å². The lowest BCUT2D eigenvalue weighted by molar-refractivity contribution is -0.140. The molecule has 1 aliphatic heterocycles. The highest BCUT2D eigenvalue weighted by Gasteiger charge is 2.36. The van der Waals surface area contributed by atoms with Crippen LogP contribution in [0.4, 0.5) is 0 Å². The summed E-state index contributed by atoms with van der Waals surface area (Å²) in [5, 5.41) is 2.60. The van der Waals surface area contributed by atoms with Crippen molar-refractivity contribution in [3.05, 3.63) is 0 Å². The Morgan fingerprint density at radius 3 is 2.76 bits per heavy atom. The minimum atomic E-state index is -3.62. The Hall–Kier alpha value is -1.19. The summed E-state index contributed by atoms with van der Waals surface area (Å²) < 4.78 is 35.5. The first-order valence-corrected chi connectivity index (χ1v) is 8.45. The van der Waals surface area contributed by atoms with Crippen molar-refractivity contribution >= 4 is 21.9 Å². The average molecular weight is 322 g/mol. The standard InChI is InChI=1S/C12H22N2O6S/c1-3-13-12(16)10-9-20-7-6-14(10)21(17,18)8-4-5-11(15)19-2/h10H,3-9H2,1-2H3,(H,13,16). The largest absolute Gasteiger partial charge is 0.469 e. The Kier molecular flexibility index (Phi) is 7.06. The molecule has 0 aliphatic carbocycles. The number of likely N-dealkylation sites (N-methyl/N-ethyl adjacent to an activating group) is 1. The van der Waals surface area contributed by atoms with E-state index in [1.807, 2.05) is 0 Å². The summed E-state index contributed by atoms with van der Waals surface area (Å²) in [6.45, 7) is 2.62. The highest BCUT2D eigenvalue weighted by molar-refractivity contribution is 7.89. The maximum atomic E-state index is 12.3. The summed E-state index contributed by atoms with van der Waals surface area (Å²) in [4.78, 5) is 22.9. The number of methoxy groups -OCH3 is 1. The fourth-order valence-corrected chi connectivity index (χ4v) is 3.68. The fraction of sp³-hybridized carbons (Fsp3) is 0.833. The van der Waals surface area contributed by atoms with Crippen molar-refractivity contribution in [2.45, 2.75) is 25.8 Å². The van der Waals surface area contributed by atoms with Crippen molar-refractivity contribution in [3.8, 4) is 0 Å². The highest BCUT2D eigenvalue weighted by atomic mass is 32.2. The van der Waals surface area contributed by atoms with Crippen LogP contribution in [-0.2, 0) is 29.1 Å². The lowest BCUT2D eigenvalue weighted by Gasteiger charge is -2.33. The molecule has 1 heterocycles. The van der Waals surface area contributed by atoms with Crippen LogP contribution in [-0.4, -0.2) is 69.8 Å². The van der Waals surface area contributed by atoms with Gasteiger partial charge in [-0.2, -0.15) is 4.31 Å². The first-order chi connectivity index (χ1) is 9.92. The van der Waals surface area contributed by atoms with Gasteiger partial charge in [0.05, 0.1) is 26.1 Å². The number of carbonyl (C=O) groups is 2. The molecule has 0 aromatic heterocycles. The average Bonchev–Trinajstić information content (AvgIpc) is 2.47. The van der Waals surface area contributed by atoms with Crippen LogP contribution in [0.25, 0.3) is 0 Å². The zero-order chi connectivity index (χ0) is 15.9. The van der Waals surface area contributed by atoms with Crippen LogP contribution < -0.4 is 5.32 Å². The quantitative estimate of drug-likeness (QED) is 0.610. The second kappa shape index (κ2) is 8.30. The zero-order valence-electron chi connectivity index (χ0n) is 12.3. The SMILES string of the molecule is CCNC(=O)C1COCCN1S(=O)(=O)CCCC(=O)OC. The first kappa shape index (κ1) is 17.9. The molecule has 1 saturated heterocycles. The number of hydrogen-bond acceptors (Lipinski definition) is 6. The van der Waals surface area contributed by atoms with E-state index >= 15 is 0 Å². The van der Waals surface area contributed by atoms with E-state index in [4.69, 9.17) is 4.74 Å². The Morgan fingerprint density at radius 1 is 1.43 bits per heavy atom. The lowest BCUT2D eigenvalue weighted by Crippen LogP contribution is -2.56. The molecule has 1 fully saturated rings. The molecule has 1 unspecified atom stereocenters. The van der Waals surface area contributed by atoms with E-state index in [2.05, 4.69) is 10.1 Å². The molecule has 0 radical (unpaired) electrons. The molecule has 1 amide bonds. The summed E-state index contributed by atoms with van der Waals surface area (Å²) in [7, 11) is -2.36. The molecule has 0 aromatic carbocycles. The van der Waals surface area contributed by atoms with Gasteiger partial charge in [-0.1, -0.05) is 0 Å². The number of carbonyl (C=O) groups excluding carboxylic acids is 2. The maximum absolute atomic E-state index is 12.3. The summed E-state index contributed by atoms with van der Waals surface area (Å²) in [5.41, 5.74) is 0. The molecule has 0 bridgehead atoms. The van der Waals surface area contributed by atoms with Crippen molar-refractivity contribution < 1.29 is 27.5 Å². The van der Waals surface area contributed by atoms with E-state index in [0.717, 1.165) is 0 Å². The van der Waals surface area contributed by atoms with Gasteiger partial charge in [-0.15, -0.1) is 0 Å². The molecule has 0 aromatic rings. The molecular formula is C12H22N2O6S. The fourth-order valence-electron chi connectivity index (χ4n) is 2.04. The smallest absolute Gasteiger partial charge is 0.305 e. The molecule has 21 heavy (non-hydrogen) atoms. The van der Waals surface area contributed by atoms with E-state index in [1.54, 1.807) is 6.92 Å². The topological polar surface area (TPSA) is 102 Å². The van der Waals surface area contributed by atoms with Gasteiger partial charge in [0, 0.05) is 19.5 Å². The Morgan fingerprint density at radius 2 is 2.14 bits per heavy atom. The van der Waals surface area contributed by atoms with Crippen molar-refractivity contribution in [2.24, 2.45) is 0 Å². The van der Waals surface area contributed by atoms with Crippen LogP contribution >= 0.6 is 0 Å². The molecule has 1 N–H and O–H groups in total. The Bertz CT molecular complexity index is 464. The van der Waals surface area contributed by atoms with E-state index in [0.29, 0.717) is 6.54 Å². The first-order valence-electron chi connectivity index (χ1n) is 6.84. The van der Waals surface area contributed by atoms with Crippen LogP contribution in [0.2, 0.25) is 0 Å². The van der Waals surface area contributed by atoms with Gasteiger partial charge < -0.3 is 14.8 Å². The third-order valence-electron chi connectivity index (χ3n) is 3.10. The normalized spacial score (nSPS) is 20.0. The summed E-state index contributed by atoms with van der Waals surface area (Å²) in [6.07, 6.45) is 0.195. The number of esters is 1. The third kappa shape index (κ3) is 5.25. The third-order valence-corrected chi connectivity index (χ3v) is 5.06. The van der Waals surface area contributed by atoms with Gasteiger partial charge in [0.1, 0.15) is 6.04 Å². The van der Waals surface area contributed by atoms with Crippen molar-refractivity contribution in [1.82, 2.24) is 9.62 Å². The number of hydrogen-bond donors (Lipinski definition) is 1. The second-order valence-electron chi connectivity index (χ2n) is 4.59. The number of ether oxygens (including phenoxy) is 2. The molecule has 0 spiro atoms. The van der Waals surface area contributed by atoms with Gasteiger partial charge in [0.15, 0.2) is 0 Å². The number of rotatable bonds is 7. The van der Waals surface area contributed by atoms with Gasteiger partial charge in [-0.25, -0.2) is 8.42 Å². The predicted octanol–water partition coefficient (Wildman–Crippen LogP) is -0.894. The number of nitrogens with one attached hydrogen (secondary N) is 1. The monoisotopic (exact) mass is 322 g/mol. The number of amides is 1. The minimum absolute atomic E-state index is 0.0336. The Balaban J connectivity index is 2.68. The zero-order valence-corrected chi connectivity index (χ0v) is 13.1.